The molecule has 2 fully saturated rings. The average molecular weight is 520 g/mol. The van der Waals surface area contributed by atoms with Gasteiger partial charge in [0.05, 0.1) is 23.6 Å². The zero-order chi connectivity index (χ0) is 25.4. The number of amides is 1. The molecule has 0 radical (unpaired) electrons. The average Bonchev–Trinajstić information content (AvgIpc) is 3.68. The standard InChI is InChI=1S/C25H25N7O4S/c1-15-10-17(2-4-26-15)24-28-19(14-36-24)23(34)27-18-11-20-21(29-22(18)32-5-3-16(12-32)13-33)30-25(37-20)31-6-8-35-9-7-31/h2,4,10-11,13-14,16H,3,5-9,12H2,1H3,(H,27,34)/t16-/m1/s1. The third-order valence-corrected chi connectivity index (χ3v) is 7.53. The Balaban J connectivity index is 1.32. The molecule has 2 aliphatic rings. The molecule has 1 amide bonds. The highest BCUT2D eigenvalue weighted by Crippen LogP contribution is 2.36. The van der Waals surface area contributed by atoms with Gasteiger partial charge in [0.2, 0.25) is 5.89 Å². The second-order valence-electron chi connectivity index (χ2n) is 9.09. The van der Waals surface area contributed by atoms with Crippen molar-refractivity contribution in [3.63, 3.8) is 0 Å². The molecule has 1 N–H and O–H groups in total. The first kappa shape index (κ1) is 23.5. The molecule has 11 nitrogen and oxygen atoms in total. The lowest BCUT2D eigenvalue weighted by Gasteiger charge is -2.25. The summed E-state index contributed by atoms with van der Waals surface area (Å²) in [5.41, 5.74) is 2.89. The number of oxazole rings is 1. The van der Waals surface area contributed by atoms with E-state index in [2.05, 4.69) is 20.2 Å². The van der Waals surface area contributed by atoms with Crippen molar-refractivity contribution in [3.05, 3.63) is 42.0 Å². The first-order valence-corrected chi connectivity index (χ1v) is 12.9. The molecular weight excluding hydrogens is 494 g/mol. The van der Waals surface area contributed by atoms with E-state index in [0.717, 1.165) is 46.9 Å². The van der Waals surface area contributed by atoms with E-state index in [0.29, 0.717) is 49.3 Å². The van der Waals surface area contributed by atoms with Crippen LogP contribution >= 0.6 is 11.3 Å². The number of carbonyl (C=O) groups excluding carboxylic acids is 2. The molecule has 190 valence electrons. The number of nitrogens with zero attached hydrogens (tertiary/aromatic N) is 6. The molecule has 0 saturated carbocycles. The van der Waals surface area contributed by atoms with Crippen LogP contribution in [0.5, 0.6) is 0 Å². The molecule has 2 aliphatic heterocycles. The number of morpholine rings is 1. The van der Waals surface area contributed by atoms with Crippen LogP contribution < -0.4 is 15.1 Å². The fourth-order valence-electron chi connectivity index (χ4n) is 4.53. The fraction of sp³-hybridized carbons (Fsp3) is 0.360. The monoisotopic (exact) mass is 519 g/mol. The molecule has 6 rings (SSSR count). The summed E-state index contributed by atoms with van der Waals surface area (Å²) >= 11 is 1.53. The van der Waals surface area contributed by atoms with Crippen LogP contribution in [0.2, 0.25) is 0 Å². The van der Waals surface area contributed by atoms with E-state index in [4.69, 9.17) is 19.1 Å². The summed E-state index contributed by atoms with van der Waals surface area (Å²) in [4.78, 5) is 47.0. The van der Waals surface area contributed by atoms with Crippen LogP contribution in [0.4, 0.5) is 16.6 Å². The minimum atomic E-state index is -0.410. The number of anilines is 3. The highest BCUT2D eigenvalue weighted by atomic mass is 32.1. The van der Waals surface area contributed by atoms with Gasteiger partial charge in [-0.2, -0.15) is 4.98 Å². The molecule has 4 aromatic heterocycles. The number of pyridine rings is 2. The number of hydrogen-bond acceptors (Lipinski definition) is 11. The van der Waals surface area contributed by atoms with Crippen LogP contribution in [-0.2, 0) is 9.53 Å². The molecule has 2 saturated heterocycles. The Labute approximate surface area is 216 Å². The molecule has 0 unspecified atom stereocenters. The molecule has 0 aliphatic carbocycles. The highest BCUT2D eigenvalue weighted by molar-refractivity contribution is 7.22. The number of aldehydes is 1. The molecule has 0 bridgehead atoms. The van der Waals surface area contributed by atoms with Gasteiger partial charge in [-0.1, -0.05) is 11.3 Å². The Morgan fingerprint density at radius 3 is 2.81 bits per heavy atom. The van der Waals surface area contributed by atoms with Crippen LogP contribution in [0, 0.1) is 12.8 Å². The predicted molar refractivity (Wildman–Crippen MR) is 139 cm³/mol. The lowest BCUT2D eigenvalue weighted by atomic mass is 10.1. The summed E-state index contributed by atoms with van der Waals surface area (Å²) in [7, 11) is 0. The summed E-state index contributed by atoms with van der Waals surface area (Å²) in [6, 6.07) is 5.53. The first-order chi connectivity index (χ1) is 18.1. The van der Waals surface area contributed by atoms with Gasteiger partial charge in [-0.15, -0.1) is 0 Å². The summed E-state index contributed by atoms with van der Waals surface area (Å²) in [6.07, 6.45) is 4.73. The van der Waals surface area contributed by atoms with Gasteiger partial charge in [-0.05, 0) is 31.5 Å². The molecule has 0 spiro atoms. The van der Waals surface area contributed by atoms with Gasteiger partial charge >= 0.3 is 0 Å². The minimum absolute atomic E-state index is 0.0673. The Hall–Kier alpha value is -3.90. The molecule has 12 heteroatoms. The maximum Gasteiger partial charge on any atom is 0.277 e. The number of nitrogens with one attached hydrogen (secondary N) is 1. The van der Waals surface area contributed by atoms with Gasteiger partial charge in [0, 0.05) is 49.6 Å². The highest BCUT2D eigenvalue weighted by Gasteiger charge is 2.27. The molecule has 6 heterocycles. The molecule has 0 aromatic carbocycles. The maximum atomic E-state index is 13.2. The van der Waals surface area contributed by atoms with Crippen molar-refractivity contribution in [1.82, 2.24) is 19.9 Å². The van der Waals surface area contributed by atoms with Gasteiger partial charge in [0.15, 0.2) is 22.3 Å². The number of thiazole rings is 1. The van der Waals surface area contributed by atoms with Gasteiger partial charge in [0.25, 0.3) is 5.91 Å². The Morgan fingerprint density at radius 1 is 1.16 bits per heavy atom. The minimum Gasteiger partial charge on any atom is -0.444 e. The number of ether oxygens (including phenoxy) is 1. The molecule has 37 heavy (non-hydrogen) atoms. The number of aryl methyl sites for hydroxylation is 1. The molecule has 4 aromatic rings. The fourth-order valence-corrected chi connectivity index (χ4v) is 5.53. The van der Waals surface area contributed by atoms with Gasteiger partial charge in [0.1, 0.15) is 12.5 Å². The van der Waals surface area contributed by atoms with E-state index in [-0.39, 0.29) is 11.6 Å². The zero-order valence-corrected chi connectivity index (χ0v) is 21.0. The van der Waals surface area contributed by atoms with Crippen LogP contribution in [0.25, 0.3) is 21.8 Å². The summed E-state index contributed by atoms with van der Waals surface area (Å²) < 4.78 is 11.9. The Morgan fingerprint density at radius 2 is 2.03 bits per heavy atom. The first-order valence-electron chi connectivity index (χ1n) is 12.1. The van der Waals surface area contributed by atoms with E-state index < -0.39 is 5.91 Å². The molecule has 1 atom stereocenters. The summed E-state index contributed by atoms with van der Waals surface area (Å²) in [6.45, 7) is 5.96. The zero-order valence-electron chi connectivity index (χ0n) is 20.2. The lowest BCUT2D eigenvalue weighted by molar-refractivity contribution is -0.110. The summed E-state index contributed by atoms with van der Waals surface area (Å²) in [5, 5.41) is 3.85. The number of aromatic nitrogens is 4. The summed E-state index contributed by atoms with van der Waals surface area (Å²) in [5.74, 6) is 0.461. The smallest absolute Gasteiger partial charge is 0.277 e. The topological polar surface area (TPSA) is 127 Å². The number of hydrogen-bond donors (Lipinski definition) is 1. The van der Waals surface area contributed by atoms with Crippen molar-refractivity contribution in [2.75, 3.05) is 54.5 Å². The van der Waals surface area contributed by atoms with Gasteiger partial charge in [-0.3, -0.25) is 9.78 Å². The molecular formula is C25H25N7O4S. The van der Waals surface area contributed by atoms with Crippen molar-refractivity contribution >= 4 is 50.5 Å². The third-order valence-electron chi connectivity index (χ3n) is 6.48. The predicted octanol–water partition coefficient (Wildman–Crippen LogP) is 3.16. The van der Waals surface area contributed by atoms with Crippen molar-refractivity contribution in [3.8, 4) is 11.5 Å². The lowest BCUT2D eigenvalue weighted by Crippen LogP contribution is -2.36. The van der Waals surface area contributed by atoms with E-state index >= 15 is 0 Å². The van der Waals surface area contributed by atoms with Crippen molar-refractivity contribution in [1.29, 1.82) is 0 Å². The van der Waals surface area contributed by atoms with Crippen LogP contribution in [0.1, 0.15) is 22.6 Å². The Bertz CT molecular complexity index is 1460. The number of carbonyl (C=O) groups is 2. The van der Waals surface area contributed by atoms with E-state index in [1.54, 1.807) is 12.3 Å². The third kappa shape index (κ3) is 4.77. The normalized spacial score (nSPS) is 17.9. The van der Waals surface area contributed by atoms with E-state index in [1.807, 2.05) is 24.0 Å². The number of fused-ring (bicyclic) bond motifs is 1. The maximum absolute atomic E-state index is 13.2. The van der Waals surface area contributed by atoms with Crippen LogP contribution in [0.15, 0.2) is 35.1 Å². The second-order valence-corrected chi connectivity index (χ2v) is 10.1. The van der Waals surface area contributed by atoms with Crippen molar-refractivity contribution in [2.45, 2.75) is 13.3 Å². The second kappa shape index (κ2) is 9.87. The largest absolute Gasteiger partial charge is 0.444 e. The van der Waals surface area contributed by atoms with E-state index in [1.165, 1.54) is 17.6 Å². The van der Waals surface area contributed by atoms with Gasteiger partial charge in [-0.25, -0.2) is 9.97 Å². The quantitative estimate of drug-likeness (QED) is 0.380. The number of rotatable bonds is 6. The van der Waals surface area contributed by atoms with Gasteiger partial charge < -0.3 is 29.1 Å². The van der Waals surface area contributed by atoms with E-state index in [9.17, 15) is 9.59 Å². The van der Waals surface area contributed by atoms with Crippen LogP contribution in [-0.4, -0.2) is 71.5 Å². The Kier molecular flexibility index (Phi) is 6.26. The SMILES string of the molecule is Cc1cc(-c2nc(C(=O)Nc3cc4sc(N5CCOCC5)nc4nc3N3CC[C@@H](C=O)C3)co2)ccn1. The van der Waals surface area contributed by atoms with Crippen LogP contribution in [0.3, 0.4) is 0 Å². The van der Waals surface area contributed by atoms with Crippen molar-refractivity contribution in [2.24, 2.45) is 5.92 Å². The van der Waals surface area contributed by atoms with Crippen molar-refractivity contribution < 1.29 is 18.7 Å².